The highest BCUT2D eigenvalue weighted by Gasteiger charge is 2.15. The van der Waals surface area contributed by atoms with Crippen LogP contribution in [0, 0.1) is 0 Å². The Bertz CT molecular complexity index is 493. The Kier molecular flexibility index (Phi) is 3.18. The van der Waals surface area contributed by atoms with E-state index < -0.39 is 0 Å². The first-order valence-electron chi connectivity index (χ1n) is 5.72. The number of hydrogen-bond acceptors (Lipinski definition) is 4. The van der Waals surface area contributed by atoms with Crippen LogP contribution in [0.1, 0.15) is 16.1 Å². The molecule has 0 atom stereocenters. The molecule has 2 aromatic rings. The fourth-order valence-corrected chi connectivity index (χ4v) is 4.16. The third kappa shape index (κ3) is 2.25. The van der Waals surface area contributed by atoms with Crippen LogP contribution in [-0.2, 0) is 18.7 Å². The fraction of sp³-hybridized carbons (Fsp3) is 0.308. The fourth-order valence-electron chi connectivity index (χ4n) is 1.93. The van der Waals surface area contributed by atoms with Gasteiger partial charge in [-0.3, -0.25) is 0 Å². The van der Waals surface area contributed by atoms with Crippen molar-refractivity contribution in [3.05, 3.63) is 40.4 Å². The minimum atomic E-state index is 0.602. The van der Waals surface area contributed by atoms with Crippen molar-refractivity contribution in [1.29, 1.82) is 0 Å². The van der Waals surface area contributed by atoms with Crippen LogP contribution in [0.4, 0.5) is 0 Å². The molecule has 1 aliphatic rings. The summed E-state index contributed by atoms with van der Waals surface area (Å²) in [4.78, 5) is 6.21. The van der Waals surface area contributed by atoms with Gasteiger partial charge in [0.15, 0.2) is 0 Å². The second-order valence-electron chi connectivity index (χ2n) is 4.09. The van der Waals surface area contributed by atoms with Crippen molar-refractivity contribution in [2.45, 2.75) is 18.7 Å². The number of nitrogens with zero attached hydrogens (tertiary/aromatic N) is 1. The van der Waals surface area contributed by atoms with Gasteiger partial charge in [0.05, 0.1) is 5.69 Å². The molecule has 2 nitrogen and oxygen atoms in total. The summed E-state index contributed by atoms with van der Waals surface area (Å²) in [5, 5.41) is 1.15. The number of thiazole rings is 1. The predicted molar refractivity (Wildman–Crippen MR) is 75.3 cm³/mol. The van der Waals surface area contributed by atoms with Crippen LogP contribution in [0.25, 0.3) is 10.6 Å². The Morgan fingerprint density at radius 1 is 1.24 bits per heavy atom. The van der Waals surface area contributed by atoms with Gasteiger partial charge in [0.1, 0.15) is 5.01 Å². The molecule has 1 aromatic carbocycles. The van der Waals surface area contributed by atoms with Crippen LogP contribution < -0.4 is 5.73 Å². The summed E-state index contributed by atoms with van der Waals surface area (Å²) in [5.74, 6) is 2.34. The number of aromatic nitrogens is 1. The van der Waals surface area contributed by atoms with Gasteiger partial charge in [0.25, 0.3) is 0 Å². The van der Waals surface area contributed by atoms with Crippen LogP contribution >= 0.6 is 23.1 Å². The number of benzene rings is 1. The van der Waals surface area contributed by atoms with E-state index in [4.69, 9.17) is 10.7 Å². The molecular weight excluding hydrogens is 248 g/mol. The first-order valence-corrected chi connectivity index (χ1v) is 7.69. The minimum Gasteiger partial charge on any atom is -0.326 e. The molecule has 0 unspecified atom stereocenters. The maximum absolute atomic E-state index is 5.60. The summed E-state index contributed by atoms with van der Waals surface area (Å²) in [6.45, 7) is 0.602. The summed E-state index contributed by atoms with van der Waals surface area (Å²) >= 11 is 3.84. The molecule has 0 saturated carbocycles. The van der Waals surface area contributed by atoms with Gasteiger partial charge in [0, 0.05) is 22.7 Å². The smallest absolute Gasteiger partial charge is 0.123 e. The van der Waals surface area contributed by atoms with Crippen LogP contribution in [0.15, 0.2) is 24.3 Å². The lowest BCUT2D eigenvalue weighted by Gasteiger charge is -2.06. The molecule has 0 radical (unpaired) electrons. The molecule has 0 bridgehead atoms. The summed E-state index contributed by atoms with van der Waals surface area (Å²) in [5.41, 5.74) is 9.30. The molecule has 17 heavy (non-hydrogen) atoms. The Hall–Kier alpha value is -0.840. The zero-order chi connectivity index (χ0) is 11.7. The van der Waals surface area contributed by atoms with E-state index >= 15 is 0 Å². The number of hydrogen-bond donors (Lipinski definition) is 1. The average Bonchev–Trinajstić information content (AvgIpc) is 2.82. The molecule has 88 valence electrons. The van der Waals surface area contributed by atoms with Crippen molar-refractivity contribution in [3.63, 3.8) is 0 Å². The lowest BCUT2D eigenvalue weighted by atomic mass is 10.1. The second kappa shape index (κ2) is 4.80. The van der Waals surface area contributed by atoms with Crippen LogP contribution in [0.2, 0.25) is 0 Å². The lowest BCUT2D eigenvalue weighted by molar-refractivity contribution is 1.03. The van der Waals surface area contributed by atoms with E-state index in [1.54, 1.807) is 0 Å². The Morgan fingerprint density at radius 3 is 2.76 bits per heavy atom. The number of rotatable bonds is 2. The molecule has 1 aromatic heterocycles. The van der Waals surface area contributed by atoms with Crippen LogP contribution in [0.5, 0.6) is 0 Å². The molecule has 0 saturated heterocycles. The van der Waals surface area contributed by atoms with Gasteiger partial charge in [-0.25, -0.2) is 4.98 Å². The topological polar surface area (TPSA) is 38.9 Å². The van der Waals surface area contributed by atoms with Gasteiger partial charge in [0.2, 0.25) is 0 Å². The van der Waals surface area contributed by atoms with E-state index in [0.29, 0.717) is 6.54 Å². The third-order valence-electron chi connectivity index (χ3n) is 2.93. The van der Waals surface area contributed by atoms with Crippen molar-refractivity contribution in [3.8, 4) is 10.6 Å². The number of fused-ring (bicyclic) bond motifs is 1. The van der Waals surface area contributed by atoms with Gasteiger partial charge >= 0.3 is 0 Å². The van der Waals surface area contributed by atoms with Crippen molar-refractivity contribution in [1.82, 2.24) is 4.98 Å². The zero-order valence-corrected chi connectivity index (χ0v) is 11.1. The second-order valence-corrected chi connectivity index (χ2v) is 6.28. The lowest BCUT2D eigenvalue weighted by Crippen LogP contribution is -1.99. The SMILES string of the molecule is NCc1ccc(-c2nc3c(s2)CSCC3)cc1. The number of thioether (sulfide) groups is 1. The molecule has 0 fully saturated rings. The molecule has 0 aliphatic carbocycles. The molecule has 3 rings (SSSR count). The Balaban J connectivity index is 1.94. The molecule has 0 amide bonds. The normalized spacial score (nSPS) is 14.6. The first kappa shape index (κ1) is 11.3. The van der Waals surface area contributed by atoms with Gasteiger partial charge in [-0.2, -0.15) is 11.8 Å². The average molecular weight is 262 g/mol. The quantitative estimate of drug-likeness (QED) is 0.904. The molecule has 2 N–H and O–H groups in total. The number of nitrogens with two attached hydrogens (primary N) is 1. The van der Waals surface area contributed by atoms with E-state index in [-0.39, 0.29) is 0 Å². The van der Waals surface area contributed by atoms with E-state index in [2.05, 4.69) is 24.3 Å². The molecule has 2 heterocycles. The maximum Gasteiger partial charge on any atom is 0.123 e. The summed E-state index contributed by atoms with van der Waals surface area (Å²) in [6, 6.07) is 8.42. The van der Waals surface area contributed by atoms with Crippen molar-refractivity contribution in [2.24, 2.45) is 5.73 Å². The van der Waals surface area contributed by atoms with E-state index in [9.17, 15) is 0 Å². The van der Waals surface area contributed by atoms with Crippen LogP contribution in [0.3, 0.4) is 0 Å². The van der Waals surface area contributed by atoms with Gasteiger partial charge in [-0.05, 0) is 17.7 Å². The largest absolute Gasteiger partial charge is 0.326 e. The van der Waals surface area contributed by atoms with Gasteiger partial charge < -0.3 is 5.73 Å². The zero-order valence-electron chi connectivity index (χ0n) is 9.48. The van der Waals surface area contributed by atoms with E-state index in [1.165, 1.54) is 27.5 Å². The monoisotopic (exact) mass is 262 g/mol. The van der Waals surface area contributed by atoms with Crippen molar-refractivity contribution >= 4 is 23.1 Å². The molecular formula is C13H14N2S2. The molecule has 0 spiro atoms. The standard InChI is InChI=1S/C13H14N2S2/c14-7-9-1-3-10(4-2-9)13-15-11-5-6-16-8-12(11)17-13/h1-4H,5-8,14H2. The molecule has 1 aliphatic heterocycles. The Labute approximate surface area is 109 Å². The first-order chi connectivity index (χ1) is 8.36. The van der Waals surface area contributed by atoms with E-state index in [0.717, 1.165) is 17.2 Å². The predicted octanol–water partition coefficient (Wildman–Crippen LogP) is 3.06. The third-order valence-corrected chi connectivity index (χ3v) is 5.25. The van der Waals surface area contributed by atoms with Gasteiger partial charge in [-0.15, -0.1) is 11.3 Å². The van der Waals surface area contributed by atoms with E-state index in [1.807, 2.05) is 23.1 Å². The number of aryl methyl sites for hydroxylation is 1. The maximum atomic E-state index is 5.60. The van der Waals surface area contributed by atoms with Crippen LogP contribution in [-0.4, -0.2) is 10.7 Å². The summed E-state index contributed by atoms with van der Waals surface area (Å²) in [7, 11) is 0. The van der Waals surface area contributed by atoms with Crippen molar-refractivity contribution < 1.29 is 0 Å². The van der Waals surface area contributed by atoms with Crippen molar-refractivity contribution in [2.75, 3.05) is 5.75 Å². The highest BCUT2D eigenvalue weighted by molar-refractivity contribution is 7.98. The Morgan fingerprint density at radius 2 is 2.06 bits per heavy atom. The van der Waals surface area contributed by atoms with Gasteiger partial charge in [-0.1, -0.05) is 24.3 Å². The molecule has 4 heteroatoms. The highest BCUT2D eigenvalue weighted by atomic mass is 32.2. The summed E-state index contributed by atoms with van der Waals surface area (Å²) < 4.78 is 0. The highest BCUT2D eigenvalue weighted by Crippen LogP contribution is 2.34. The summed E-state index contributed by atoms with van der Waals surface area (Å²) in [6.07, 6.45) is 1.12. The minimum absolute atomic E-state index is 0.602.